The first-order valence-corrected chi connectivity index (χ1v) is 6.81. The standard InChI is InChI=1S/C15H25NO4/c1-7-8-12(16-14(17)20-15(4,5)6)10(2)9-13-18-11(3)19-13/h7,9,11-13H,1,8H2,2-6H3,(H,16,17)/b10-9+/t11?,12-,13?/m0/s1. The topological polar surface area (TPSA) is 56.8 Å². The summed E-state index contributed by atoms with van der Waals surface area (Å²) in [6.07, 6.45) is 3.28. The molecule has 114 valence electrons. The second kappa shape index (κ2) is 6.90. The lowest BCUT2D eigenvalue weighted by atomic mass is 10.1. The molecule has 0 saturated carbocycles. The Morgan fingerprint density at radius 3 is 2.50 bits per heavy atom. The molecule has 1 fully saturated rings. The first-order chi connectivity index (χ1) is 9.21. The number of ether oxygens (including phenoxy) is 3. The van der Waals surface area contributed by atoms with Crippen molar-refractivity contribution in [1.82, 2.24) is 5.32 Å². The average molecular weight is 283 g/mol. The summed E-state index contributed by atoms with van der Waals surface area (Å²) in [5.74, 6) is 0. The number of rotatable bonds is 5. The Morgan fingerprint density at radius 1 is 1.45 bits per heavy atom. The summed E-state index contributed by atoms with van der Waals surface area (Å²) in [6.45, 7) is 12.9. The van der Waals surface area contributed by atoms with Crippen LogP contribution in [0.2, 0.25) is 0 Å². The Bertz CT molecular complexity index is 378. The van der Waals surface area contributed by atoms with E-state index in [1.54, 1.807) is 6.08 Å². The van der Waals surface area contributed by atoms with Gasteiger partial charge in [-0.3, -0.25) is 0 Å². The van der Waals surface area contributed by atoms with E-state index in [0.29, 0.717) is 6.42 Å². The normalized spacial score (nSPS) is 24.6. The van der Waals surface area contributed by atoms with Crippen LogP contribution in [0.5, 0.6) is 0 Å². The van der Waals surface area contributed by atoms with Gasteiger partial charge >= 0.3 is 6.09 Å². The summed E-state index contributed by atoms with van der Waals surface area (Å²) in [5.41, 5.74) is 0.434. The first kappa shape index (κ1) is 16.7. The average Bonchev–Trinajstić information content (AvgIpc) is 2.23. The van der Waals surface area contributed by atoms with Crippen LogP contribution in [0.25, 0.3) is 0 Å². The quantitative estimate of drug-likeness (QED) is 0.788. The molecule has 0 spiro atoms. The molecule has 0 aromatic rings. The Balaban J connectivity index is 2.59. The fraction of sp³-hybridized carbons (Fsp3) is 0.667. The van der Waals surface area contributed by atoms with Gasteiger partial charge in [0.05, 0.1) is 6.04 Å². The lowest BCUT2D eigenvalue weighted by Gasteiger charge is -2.32. The van der Waals surface area contributed by atoms with Crippen LogP contribution in [0.15, 0.2) is 24.3 Å². The van der Waals surface area contributed by atoms with Crippen molar-refractivity contribution < 1.29 is 19.0 Å². The van der Waals surface area contributed by atoms with E-state index in [4.69, 9.17) is 14.2 Å². The maximum Gasteiger partial charge on any atom is 0.408 e. The molecule has 0 bridgehead atoms. The predicted molar refractivity (Wildman–Crippen MR) is 77.1 cm³/mol. The van der Waals surface area contributed by atoms with Gasteiger partial charge in [0.15, 0.2) is 12.6 Å². The van der Waals surface area contributed by atoms with Gasteiger partial charge in [-0.05, 0) is 52.7 Å². The van der Waals surface area contributed by atoms with Gasteiger partial charge in [-0.1, -0.05) is 6.08 Å². The van der Waals surface area contributed by atoms with Crippen molar-refractivity contribution in [3.8, 4) is 0 Å². The molecule has 1 N–H and O–H groups in total. The Labute approximate surface area is 121 Å². The molecule has 0 unspecified atom stereocenters. The number of alkyl carbamates (subject to hydrolysis) is 1. The zero-order valence-corrected chi connectivity index (χ0v) is 12.9. The summed E-state index contributed by atoms with van der Waals surface area (Å²) in [4.78, 5) is 11.8. The molecule has 1 saturated heterocycles. The highest BCUT2D eigenvalue weighted by Crippen LogP contribution is 2.20. The maximum absolute atomic E-state index is 11.8. The zero-order valence-electron chi connectivity index (χ0n) is 12.9. The molecule has 1 amide bonds. The number of amides is 1. The van der Waals surface area contributed by atoms with Gasteiger partial charge in [-0.15, -0.1) is 6.58 Å². The number of hydrogen-bond acceptors (Lipinski definition) is 4. The monoisotopic (exact) mass is 283 g/mol. The van der Waals surface area contributed by atoms with Crippen molar-refractivity contribution in [2.75, 3.05) is 0 Å². The van der Waals surface area contributed by atoms with Crippen LogP contribution in [-0.2, 0) is 14.2 Å². The largest absolute Gasteiger partial charge is 0.444 e. The molecule has 0 aromatic carbocycles. The molecular weight excluding hydrogens is 258 g/mol. The van der Waals surface area contributed by atoms with Crippen molar-refractivity contribution in [3.63, 3.8) is 0 Å². The molecule has 1 heterocycles. The number of hydrogen-bond donors (Lipinski definition) is 1. The van der Waals surface area contributed by atoms with E-state index in [-0.39, 0.29) is 18.6 Å². The maximum atomic E-state index is 11.8. The highest BCUT2D eigenvalue weighted by Gasteiger charge is 2.26. The fourth-order valence-electron chi connectivity index (χ4n) is 1.77. The van der Waals surface area contributed by atoms with Crippen LogP contribution >= 0.6 is 0 Å². The van der Waals surface area contributed by atoms with E-state index in [1.807, 2.05) is 40.7 Å². The van der Waals surface area contributed by atoms with Gasteiger partial charge in [0, 0.05) is 0 Å². The minimum atomic E-state index is -0.518. The molecule has 5 nitrogen and oxygen atoms in total. The highest BCUT2D eigenvalue weighted by atomic mass is 16.9. The third kappa shape index (κ3) is 5.75. The third-order valence-corrected chi connectivity index (χ3v) is 2.69. The van der Waals surface area contributed by atoms with Crippen molar-refractivity contribution in [2.24, 2.45) is 0 Å². The van der Waals surface area contributed by atoms with Gasteiger partial charge in [0.1, 0.15) is 5.60 Å². The minimum Gasteiger partial charge on any atom is -0.444 e. The van der Waals surface area contributed by atoms with Gasteiger partial charge in [0.25, 0.3) is 0 Å². The van der Waals surface area contributed by atoms with Crippen LogP contribution in [0, 0.1) is 0 Å². The van der Waals surface area contributed by atoms with E-state index in [1.165, 1.54) is 0 Å². The molecule has 0 aromatic heterocycles. The third-order valence-electron chi connectivity index (χ3n) is 2.69. The molecule has 1 atom stereocenters. The van der Waals surface area contributed by atoms with Crippen molar-refractivity contribution in [1.29, 1.82) is 0 Å². The van der Waals surface area contributed by atoms with Crippen LogP contribution in [-0.4, -0.2) is 30.3 Å². The molecule has 20 heavy (non-hydrogen) atoms. The second-order valence-electron chi connectivity index (χ2n) is 5.84. The Morgan fingerprint density at radius 2 is 2.05 bits per heavy atom. The Hall–Kier alpha value is -1.33. The molecule has 1 aliphatic heterocycles. The van der Waals surface area contributed by atoms with Crippen LogP contribution in [0.4, 0.5) is 4.79 Å². The zero-order chi connectivity index (χ0) is 15.3. The molecular formula is C15H25NO4. The molecule has 0 radical (unpaired) electrons. The van der Waals surface area contributed by atoms with E-state index in [2.05, 4.69) is 11.9 Å². The Kier molecular flexibility index (Phi) is 5.77. The summed E-state index contributed by atoms with van der Waals surface area (Å²) < 4.78 is 16.0. The molecule has 1 aliphatic rings. The molecule has 1 rings (SSSR count). The number of carbonyl (C=O) groups is 1. The number of carbonyl (C=O) groups excluding carboxylic acids is 1. The van der Waals surface area contributed by atoms with E-state index in [9.17, 15) is 4.79 Å². The molecule has 5 heteroatoms. The van der Waals surface area contributed by atoms with Gasteiger partial charge < -0.3 is 19.5 Å². The van der Waals surface area contributed by atoms with E-state index >= 15 is 0 Å². The lowest BCUT2D eigenvalue weighted by Crippen LogP contribution is -2.41. The smallest absolute Gasteiger partial charge is 0.408 e. The van der Waals surface area contributed by atoms with Crippen molar-refractivity contribution >= 4 is 6.09 Å². The summed E-state index contributed by atoms with van der Waals surface area (Å²) in [5, 5.41) is 2.83. The lowest BCUT2D eigenvalue weighted by molar-refractivity contribution is -0.354. The summed E-state index contributed by atoms with van der Waals surface area (Å²) in [7, 11) is 0. The molecule has 0 aliphatic carbocycles. The van der Waals surface area contributed by atoms with Gasteiger partial charge in [-0.25, -0.2) is 4.79 Å². The summed E-state index contributed by atoms with van der Waals surface area (Å²) >= 11 is 0. The van der Waals surface area contributed by atoms with Crippen molar-refractivity contribution in [3.05, 3.63) is 24.3 Å². The summed E-state index contributed by atoms with van der Waals surface area (Å²) in [6, 6.07) is -0.176. The van der Waals surface area contributed by atoms with E-state index < -0.39 is 11.7 Å². The highest BCUT2D eigenvalue weighted by molar-refractivity contribution is 5.68. The predicted octanol–water partition coefficient (Wildman–Crippen LogP) is 3.12. The number of nitrogens with one attached hydrogen (secondary N) is 1. The SMILES string of the molecule is C=CC[C@H](NC(=O)OC(C)(C)C)/C(C)=C/C1OC(C)O1. The van der Waals surface area contributed by atoms with Crippen molar-refractivity contribution in [2.45, 2.75) is 65.3 Å². The van der Waals surface area contributed by atoms with Gasteiger partial charge in [0.2, 0.25) is 0 Å². The minimum absolute atomic E-state index is 0.166. The van der Waals surface area contributed by atoms with Gasteiger partial charge in [-0.2, -0.15) is 0 Å². The first-order valence-electron chi connectivity index (χ1n) is 6.81. The van der Waals surface area contributed by atoms with Crippen LogP contribution in [0.1, 0.15) is 41.0 Å². The van der Waals surface area contributed by atoms with Crippen LogP contribution < -0.4 is 5.32 Å². The second-order valence-corrected chi connectivity index (χ2v) is 5.84. The van der Waals surface area contributed by atoms with E-state index in [0.717, 1.165) is 5.57 Å². The van der Waals surface area contributed by atoms with Crippen LogP contribution in [0.3, 0.4) is 0 Å². The fourth-order valence-corrected chi connectivity index (χ4v) is 1.77.